The van der Waals surface area contributed by atoms with E-state index in [1.54, 1.807) is 0 Å². The molecule has 1 aromatic carbocycles. The molecule has 2 N–H and O–H groups in total. The van der Waals surface area contributed by atoms with Crippen LogP contribution in [0.1, 0.15) is 32.3 Å². The van der Waals surface area contributed by atoms with Gasteiger partial charge >= 0.3 is 0 Å². The van der Waals surface area contributed by atoms with Gasteiger partial charge in [0.05, 0.1) is 12.2 Å². The molecule has 0 radical (unpaired) electrons. The Bertz CT molecular complexity index is 426. The maximum absolute atomic E-state index is 11.8. The molecule has 3 nitrogen and oxygen atoms in total. The summed E-state index contributed by atoms with van der Waals surface area (Å²) in [5.41, 5.74) is 2.06. The quantitative estimate of drug-likeness (QED) is 0.761. The van der Waals surface area contributed by atoms with Gasteiger partial charge in [-0.15, -0.1) is 0 Å². The Balaban J connectivity index is 2.55. The molecule has 5 heteroatoms. The molecule has 0 aliphatic rings. The van der Waals surface area contributed by atoms with E-state index in [0.717, 1.165) is 33.0 Å². The third-order valence-corrected chi connectivity index (χ3v) is 3.99. The van der Waals surface area contributed by atoms with Gasteiger partial charge in [0.15, 0.2) is 0 Å². The Morgan fingerprint density at radius 1 is 1.32 bits per heavy atom. The largest absolute Gasteiger partial charge is 0.374 e. The van der Waals surface area contributed by atoms with E-state index < -0.39 is 0 Å². The van der Waals surface area contributed by atoms with E-state index >= 15 is 0 Å². The molecule has 0 saturated heterocycles. The molecule has 1 aromatic rings. The molecule has 19 heavy (non-hydrogen) atoms. The zero-order chi connectivity index (χ0) is 14.4. The van der Waals surface area contributed by atoms with Crippen molar-refractivity contribution in [1.29, 1.82) is 0 Å². The smallest absolute Gasteiger partial charge is 0.239 e. The zero-order valence-electron chi connectivity index (χ0n) is 11.5. The average Bonchev–Trinajstić information content (AvgIpc) is 2.27. The highest BCUT2D eigenvalue weighted by Gasteiger charge is 2.09. The van der Waals surface area contributed by atoms with Gasteiger partial charge in [0.25, 0.3) is 0 Å². The number of aryl methyl sites for hydroxylation is 1. The number of rotatable bonds is 6. The Labute approximate surface area is 131 Å². The third-order valence-electron chi connectivity index (χ3n) is 2.74. The van der Waals surface area contributed by atoms with Crippen LogP contribution in [0, 0.1) is 6.92 Å². The molecule has 0 aromatic heterocycles. The Hall–Kier alpha value is -0.550. The number of carbonyl (C=O) groups is 1. The van der Waals surface area contributed by atoms with Crippen LogP contribution in [-0.2, 0) is 4.79 Å². The molecule has 0 aliphatic heterocycles. The molecule has 0 bridgehead atoms. The molecular weight excluding hydrogens is 372 g/mol. The van der Waals surface area contributed by atoms with Crippen molar-refractivity contribution in [3.63, 3.8) is 0 Å². The average molecular weight is 392 g/mol. The molecule has 0 fully saturated rings. The van der Waals surface area contributed by atoms with E-state index in [1.807, 2.05) is 26.0 Å². The number of hydrogen-bond acceptors (Lipinski definition) is 2. The van der Waals surface area contributed by atoms with Crippen LogP contribution in [0.3, 0.4) is 0 Å². The number of halogens is 2. The van der Waals surface area contributed by atoms with E-state index in [9.17, 15) is 4.79 Å². The molecule has 0 spiro atoms. The van der Waals surface area contributed by atoms with Gasteiger partial charge in [-0.3, -0.25) is 4.79 Å². The first-order chi connectivity index (χ1) is 8.93. The van der Waals surface area contributed by atoms with Crippen LogP contribution in [-0.4, -0.2) is 18.5 Å². The minimum absolute atomic E-state index is 0.0142. The van der Waals surface area contributed by atoms with Crippen molar-refractivity contribution >= 4 is 43.5 Å². The predicted octanol–water partition coefficient (Wildman–Crippen LogP) is 4.24. The van der Waals surface area contributed by atoms with Crippen molar-refractivity contribution in [2.24, 2.45) is 0 Å². The Morgan fingerprint density at radius 3 is 2.42 bits per heavy atom. The topological polar surface area (TPSA) is 41.1 Å². The number of amides is 1. The van der Waals surface area contributed by atoms with Crippen LogP contribution in [0.25, 0.3) is 0 Å². The highest BCUT2D eigenvalue weighted by molar-refractivity contribution is 9.11. The second-order valence-electron chi connectivity index (χ2n) is 4.71. The van der Waals surface area contributed by atoms with Crippen molar-refractivity contribution < 1.29 is 4.79 Å². The molecule has 0 saturated carbocycles. The molecule has 0 aliphatic carbocycles. The summed E-state index contributed by atoms with van der Waals surface area (Å²) >= 11 is 7.00. The third kappa shape index (κ3) is 5.53. The molecule has 1 amide bonds. The first-order valence-electron chi connectivity index (χ1n) is 6.43. The summed E-state index contributed by atoms with van der Waals surface area (Å²) in [6.07, 6.45) is 2.08. The number of nitrogens with one attached hydrogen (secondary N) is 2. The van der Waals surface area contributed by atoms with E-state index in [-0.39, 0.29) is 18.5 Å². The fourth-order valence-electron chi connectivity index (χ4n) is 1.87. The van der Waals surface area contributed by atoms with Crippen LogP contribution in [0.2, 0.25) is 0 Å². The molecule has 1 atom stereocenters. The van der Waals surface area contributed by atoms with Crippen molar-refractivity contribution in [2.75, 3.05) is 11.9 Å². The van der Waals surface area contributed by atoms with Crippen LogP contribution in [0.5, 0.6) is 0 Å². The van der Waals surface area contributed by atoms with Crippen molar-refractivity contribution in [3.05, 3.63) is 26.6 Å². The molecule has 1 rings (SSSR count). The van der Waals surface area contributed by atoms with Crippen LogP contribution in [0.15, 0.2) is 21.1 Å². The summed E-state index contributed by atoms with van der Waals surface area (Å²) in [6.45, 7) is 6.44. The minimum Gasteiger partial charge on any atom is -0.374 e. The number of benzene rings is 1. The van der Waals surface area contributed by atoms with Crippen molar-refractivity contribution in [2.45, 2.75) is 39.7 Å². The fraction of sp³-hybridized carbons (Fsp3) is 0.500. The maximum atomic E-state index is 11.8. The molecule has 106 valence electrons. The highest BCUT2D eigenvalue weighted by atomic mass is 79.9. The summed E-state index contributed by atoms with van der Waals surface area (Å²) in [5.74, 6) is 0.0142. The second-order valence-corrected chi connectivity index (χ2v) is 6.42. The van der Waals surface area contributed by atoms with Gasteiger partial charge in [0, 0.05) is 15.0 Å². The van der Waals surface area contributed by atoms with Crippen LogP contribution < -0.4 is 10.6 Å². The lowest BCUT2D eigenvalue weighted by atomic mass is 10.2. The number of anilines is 1. The molecule has 1 unspecified atom stereocenters. The Kier molecular flexibility index (Phi) is 6.86. The lowest BCUT2D eigenvalue weighted by Gasteiger charge is -2.15. The first kappa shape index (κ1) is 16.5. The maximum Gasteiger partial charge on any atom is 0.239 e. The SMILES string of the molecule is CCCC(C)NC(=O)CNc1c(Br)cc(C)cc1Br. The van der Waals surface area contributed by atoms with E-state index in [4.69, 9.17) is 0 Å². The van der Waals surface area contributed by atoms with Gasteiger partial charge in [-0.2, -0.15) is 0 Å². The lowest BCUT2D eigenvalue weighted by Crippen LogP contribution is -2.36. The van der Waals surface area contributed by atoms with Crippen molar-refractivity contribution in [1.82, 2.24) is 5.32 Å². The summed E-state index contributed by atoms with van der Waals surface area (Å²) in [6, 6.07) is 4.26. The summed E-state index contributed by atoms with van der Waals surface area (Å²) in [7, 11) is 0. The first-order valence-corrected chi connectivity index (χ1v) is 8.01. The monoisotopic (exact) mass is 390 g/mol. The number of carbonyl (C=O) groups excluding carboxylic acids is 1. The van der Waals surface area contributed by atoms with Gasteiger partial charge in [-0.05, 0) is 69.8 Å². The van der Waals surface area contributed by atoms with E-state index in [0.29, 0.717) is 0 Å². The molecule has 0 heterocycles. The fourth-order valence-corrected chi connectivity index (χ4v) is 3.56. The van der Waals surface area contributed by atoms with E-state index in [2.05, 4.69) is 49.4 Å². The second kappa shape index (κ2) is 7.90. The zero-order valence-corrected chi connectivity index (χ0v) is 14.7. The van der Waals surface area contributed by atoms with Gasteiger partial charge in [-0.1, -0.05) is 13.3 Å². The van der Waals surface area contributed by atoms with Gasteiger partial charge in [-0.25, -0.2) is 0 Å². The normalized spacial score (nSPS) is 12.1. The summed E-state index contributed by atoms with van der Waals surface area (Å²) in [4.78, 5) is 11.8. The highest BCUT2D eigenvalue weighted by Crippen LogP contribution is 2.32. The lowest BCUT2D eigenvalue weighted by molar-refractivity contribution is -0.120. The number of hydrogen-bond donors (Lipinski definition) is 2. The van der Waals surface area contributed by atoms with E-state index in [1.165, 1.54) is 0 Å². The molecular formula is C14H20Br2N2O. The van der Waals surface area contributed by atoms with Crippen LogP contribution >= 0.6 is 31.9 Å². The van der Waals surface area contributed by atoms with Gasteiger partial charge < -0.3 is 10.6 Å². The van der Waals surface area contributed by atoms with Crippen LogP contribution in [0.4, 0.5) is 5.69 Å². The Morgan fingerprint density at radius 2 is 1.89 bits per heavy atom. The van der Waals surface area contributed by atoms with Gasteiger partial charge in [0.2, 0.25) is 5.91 Å². The van der Waals surface area contributed by atoms with Crippen molar-refractivity contribution in [3.8, 4) is 0 Å². The summed E-state index contributed by atoms with van der Waals surface area (Å²) in [5, 5.41) is 6.12. The predicted molar refractivity (Wildman–Crippen MR) is 87.6 cm³/mol. The van der Waals surface area contributed by atoms with Gasteiger partial charge in [0.1, 0.15) is 0 Å². The standard InChI is InChI=1S/C14H20Br2N2O/c1-4-5-10(3)18-13(19)8-17-14-11(15)6-9(2)7-12(14)16/h6-7,10,17H,4-5,8H2,1-3H3,(H,18,19). The summed E-state index contributed by atoms with van der Waals surface area (Å²) < 4.78 is 1.91. The minimum atomic E-state index is 0.0142.